The molecule has 2 amide bonds. The lowest BCUT2D eigenvalue weighted by molar-refractivity contribution is -0.140. The van der Waals surface area contributed by atoms with Crippen LogP contribution in [0.25, 0.3) is 0 Å². The van der Waals surface area contributed by atoms with Crippen molar-refractivity contribution in [2.45, 2.75) is 50.7 Å². The molecule has 0 aromatic heterocycles. The normalized spacial score (nSPS) is 12.2. The average Bonchev–Trinajstić information content (AvgIpc) is 2.88. The van der Waals surface area contributed by atoms with E-state index in [1.165, 1.54) is 65.6 Å². The van der Waals surface area contributed by atoms with Crippen LogP contribution in [-0.2, 0) is 26.2 Å². The van der Waals surface area contributed by atoms with Crippen LogP contribution in [0, 0.1) is 5.82 Å². The second kappa shape index (κ2) is 13.3. The molecule has 3 rings (SSSR count). The Hall–Kier alpha value is -3.14. The SMILES string of the molecule is CCC(C(=O)NC(C)C)N(Cc1ccc(F)cc1)C(=O)CN(c1cccc(Cl)c1)S(=O)(=O)c1ccc(Cl)cc1. The summed E-state index contributed by atoms with van der Waals surface area (Å²) in [6.45, 7) is 4.72. The summed E-state index contributed by atoms with van der Waals surface area (Å²) in [5.41, 5.74) is 0.752. The van der Waals surface area contributed by atoms with Gasteiger partial charge in [0.15, 0.2) is 0 Å². The van der Waals surface area contributed by atoms with E-state index in [9.17, 15) is 22.4 Å². The summed E-state index contributed by atoms with van der Waals surface area (Å²) < 4.78 is 42.1. The molecular formula is C28H30Cl2FN3O4S. The monoisotopic (exact) mass is 593 g/mol. The lowest BCUT2D eigenvalue weighted by Crippen LogP contribution is -2.53. The smallest absolute Gasteiger partial charge is 0.264 e. The van der Waals surface area contributed by atoms with E-state index >= 15 is 0 Å². The molecule has 0 radical (unpaired) electrons. The molecule has 0 aliphatic heterocycles. The maximum absolute atomic E-state index is 13.9. The van der Waals surface area contributed by atoms with E-state index < -0.39 is 34.3 Å². The van der Waals surface area contributed by atoms with Crippen molar-refractivity contribution in [1.82, 2.24) is 10.2 Å². The third-order valence-electron chi connectivity index (χ3n) is 5.86. The molecule has 7 nitrogen and oxygen atoms in total. The zero-order chi connectivity index (χ0) is 28.7. The molecule has 0 heterocycles. The molecule has 0 bridgehead atoms. The number of anilines is 1. The minimum absolute atomic E-state index is 0.0342. The third kappa shape index (κ3) is 7.94. The van der Waals surface area contributed by atoms with Crippen LogP contribution in [-0.4, -0.2) is 43.8 Å². The van der Waals surface area contributed by atoms with Crippen LogP contribution in [0.5, 0.6) is 0 Å². The molecule has 11 heteroatoms. The summed E-state index contributed by atoms with van der Waals surface area (Å²) in [6.07, 6.45) is 0.270. The van der Waals surface area contributed by atoms with Gasteiger partial charge in [-0.1, -0.05) is 48.3 Å². The molecular weight excluding hydrogens is 564 g/mol. The maximum Gasteiger partial charge on any atom is 0.264 e. The first-order valence-corrected chi connectivity index (χ1v) is 14.5. The summed E-state index contributed by atoms with van der Waals surface area (Å²) in [4.78, 5) is 28.3. The van der Waals surface area contributed by atoms with Crippen molar-refractivity contribution in [1.29, 1.82) is 0 Å². The van der Waals surface area contributed by atoms with Gasteiger partial charge in [-0.2, -0.15) is 0 Å². The van der Waals surface area contributed by atoms with Gasteiger partial charge in [0.2, 0.25) is 11.8 Å². The lowest BCUT2D eigenvalue weighted by Gasteiger charge is -2.33. The molecule has 39 heavy (non-hydrogen) atoms. The van der Waals surface area contributed by atoms with E-state index in [0.717, 1.165) is 4.31 Å². The van der Waals surface area contributed by atoms with Gasteiger partial charge in [0.1, 0.15) is 18.4 Å². The Balaban J connectivity index is 2.06. The first-order valence-electron chi connectivity index (χ1n) is 12.3. The van der Waals surface area contributed by atoms with Crippen LogP contribution in [0.4, 0.5) is 10.1 Å². The Kier molecular flexibility index (Phi) is 10.4. The van der Waals surface area contributed by atoms with Crippen LogP contribution >= 0.6 is 23.2 Å². The molecule has 1 atom stereocenters. The van der Waals surface area contributed by atoms with E-state index in [1.54, 1.807) is 32.9 Å². The summed E-state index contributed by atoms with van der Waals surface area (Å²) in [6, 6.07) is 16.2. The van der Waals surface area contributed by atoms with Crippen LogP contribution in [0.2, 0.25) is 10.0 Å². The first kappa shape index (κ1) is 30.4. The Morgan fingerprint density at radius 1 is 0.949 bits per heavy atom. The maximum atomic E-state index is 13.9. The molecule has 3 aromatic carbocycles. The van der Waals surface area contributed by atoms with Crippen molar-refractivity contribution in [3.8, 4) is 0 Å². The highest BCUT2D eigenvalue weighted by molar-refractivity contribution is 7.92. The number of nitrogens with one attached hydrogen (secondary N) is 1. The van der Waals surface area contributed by atoms with Gasteiger partial charge in [-0.3, -0.25) is 13.9 Å². The van der Waals surface area contributed by atoms with Crippen LogP contribution < -0.4 is 9.62 Å². The quantitative estimate of drug-likeness (QED) is 0.311. The van der Waals surface area contributed by atoms with Crippen LogP contribution in [0.3, 0.4) is 0 Å². The number of carbonyl (C=O) groups is 2. The molecule has 0 saturated heterocycles. The summed E-state index contributed by atoms with van der Waals surface area (Å²) in [5, 5.41) is 3.46. The second-order valence-corrected chi connectivity index (χ2v) is 11.9. The standard InChI is InChI=1S/C28H30Cl2FN3O4S/c1-4-26(28(36)32-19(2)3)33(17-20-8-12-23(31)13-9-20)27(35)18-34(24-7-5-6-22(30)16-24)39(37,38)25-14-10-21(29)11-15-25/h5-16,19,26H,4,17-18H2,1-3H3,(H,32,36). The first-order chi connectivity index (χ1) is 18.4. The molecule has 1 N–H and O–H groups in total. The van der Waals surface area contributed by atoms with E-state index in [4.69, 9.17) is 23.2 Å². The van der Waals surface area contributed by atoms with Crippen molar-refractivity contribution in [3.05, 3.63) is 94.2 Å². The van der Waals surface area contributed by atoms with Crippen molar-refractivity contribution >= 4 is 50.7 Å². The van der Waals surface area contributed by atoms with Gasteiger partial charge < -0.3 is 10.2 Å². The van der Waals surface area contributed by atoms with Gasteiger partial charge in [0, 0.05) is 22.6 Å². The van der Waals surface area contributed by atoms with Crippen LogP contribution in [0.15, 0.2) is 77.7 Å². The minimum Gasteiger partial charge on any atom is -0.352 e. The molecule has 0 saturated carbocycles. The molecule has 0 aliphatic rings. The number of hydrogen-bond donors (Lipinski definition) is 1. The summed E-state index contributed by atoms with van der Waals surface area (Å²) in [5.74, 6) is -1.44. The fourth-order valence-corrected chi connectivity index (χ4v) is 5.70. The van der Waals surface area contributed by atoms with Crippen LogP contribution in [0.1, 0.15) is 32.8 Å². The highest BCUT2D eigenvalue weighted by Gasteiger charge is 2.34. The Morgan fingerprint density at radius 2 is 1.59 bits per heavy atom. The fourth-order valence-electron chi connectivity index (χ4n) is 3.98. The van der Waals surface area contributed by atoms with Gasteiger partial charge in [-0.05, 0) is 80.4 Å². The van der Waals surface area contributed by atoms with Gasteiger partial charge in [-0.25, -0.2) is 12.8 Å². The fraction of sp³-hybridized carbons (Fsp3) is 0.286. The highest BCUT2D eigenvalue weighted by Crippen LogP contribution is 2.27. The Bertz CT molecular complexity index is 1400. The van der Waals surface area contributed by atoms with E-state index in [0.29, 0.717) is 10.6 Å². The Morgan fingerprint density at radius 3 is 2.15 bits per heavy atom. The number of hydrogen-bond acceptors (Lipinski definition) is 4. The zero-order valence-corrected chi connectivity index (χ0v) is 24.1. The average molecular weight is 595 g/mol. The summed E-state index contributed by atoms with van der Waals surface area (Å²) >= 11 is 12.1. The van der Waals surface area contributed by atoms with E-state index in [-0.39, 0.29) is 40.5 Å². The van der Waals surface area contributed by atoms with Gasteiger partial charge in [0.05, 0.1) is 10.6 Å². The van der Waals surface area contributed by atoms with Gasteiger partial charge >= 0.3 is 0 Å². The predicted octanol–water partition coefficient (Wildman–Crippen LogP) is 5.66. The topological polar surface area (TPSA) is 86.8 Å². The van der Waals surface area contributed by atoms with Crippen molar-refractivity contribution in [2.75, 3.05) is 10.8 Å². The number of halogens is 3. The molecule has 3 aromatic rings. The molecule has 208 valence electrons. The summed E-state index contributed by atoms with van der Waals surface area (Å²) in [7, 11) is -4.25. The number of carbonyl (C=O) groups excluding carboxylic acids is 2. The molecule has 1 unspecified atom stereocenters. The number of rotatable bonds is 11. The number of sulfonamides is 1. The third-order valence-corrected chi connectivity index (χ3v) is 8.13. The Labute approximate surface area is 238 Å². The number of nitrogens with zero attached hydrogens (tertiary/aromatic N) is 2. The zero-order valence-electron chi connectivity index (χ0n) is 21.8. The highest BCUT2D eigenvalue weighted by atomic mass is 35.5. The van der Waals surface area contributed by atoms with Crippen molar-refractivity contribution < 1.29 is 22.4 Å². The van der Waals surface area contributed by atoms with Gasteiger partial charge in [-0.15, -0.1) is 0 Å². The molecule has 0 aliphatic carbocycles. The van der Waals surface area contributed by atoms with E-state index in [1.807, 2.05) is 0 Å². The van der Waals surface area contributed by atoms with Crippen molar-refractivity contribution in [2.24, 2.45) is 0 Å². The van der Waals surface area contributed by atoms with Crippen molar-refractivity contribution in [3.63, 3.8) is 0 Å². The minimum atomic E-state index is -4.25. The predicted molar refractivity (Wildman–Crippen MR) is 152 cm³/mol. The second-order valence-electron chi connectivity index (χ2n) is 9.18. The molecule has 0 fully saturated rings. The van der Waals surface area contributed by atoms with Gasteiger partial charge in [0.25, 0.3) is 10.0 Å². The van der Waals surface area contributed by atoms with E-state index in [2.05, 4.69) is 5.32 Å². The lowest BCUT2D eigenvalue weighted by atomic mass is 10.1. The number of benzene rings is 3. The number of amides is 2. The largest absolute Gasteiger partial charge is 0.352 e. The molecule has 0 spiro atoms.